The maximum Gasteiger partial charge on any atom is 0.176 e. The highest BCUT2D eigenvalue weighted by Crippen LogP contribution is 2.44. The third-order valence-electron chi connectivity index (χ3n) is 4.53. The molecule has 0 amide bonds. The minimum Gasteiger partial charge on any atom is -0.479 e. The molecule has 1 fully saturated rings. The van der Waals surface area contributed by atoms with Crippen LogP contribution in [0.4, 0.5) is 0 Å². The van der Waals surface area contributed by atoms with Gasteiger partial charge in [0.15, 0.2) is 11.4 Å². The van der Waals surface area contributed by atoms with E-state index in [4.69, 9.17) is 4.74 Å². The molecule has 2 aliphatic rings. The first kappa shape index (κ1) is 15.1. The van der Waals surface area contributed by atoms with E-state index in [2.05, 4.69) is 16.0 Å². The average Bonchev–Trinajstić information content (AvgIpc) is 2.95. The number of halogens is 1. The SMILES string of the molecule is CC(=O)c1ccc2n1-c1ccccc1OC21CCNCC1.Cl. The highest BCUT2D eigenvalue weighted by Gasteiger charge is 2.43. The maximum atomic E-state index is 12.0. The quantitative estimate of drug-likeness (QED) is 0.822. The van der Waals surface area contributed by atoms with E-state index in [9.17, 15) is 4.79 Å². The first-order valence-electron chi connectivity index (χ1n) is 7.44. The van der Waals surface area contributed by atoms with Crippen molar-refractivity contribution in [3.63, 3.8) is 0 Å². The summed E-state index contributed by atoms with van der Waals surface area (Å²) in [7, 11) is 0. The molecular weight excluding hydrogens is 300 g/mol. The number of hydrogen-bond donors (Lipinski definition) is 1. The molecule has 0 aliphatic carbocycles. The summed E-state index contributed by atoms with van der Waals surface area (Å²) >= 11 is 0. The van der Waals surface area contributed by atoms with E-state index in [-0.39, 0.29) is 23.8 Å². The third-order valence-corrected chi connectivity index (χ3v) is 4.53. The molecule has 1 N–H and O–H groups in total. The van der Waals surface area contributed by atoms with Gasteiger partial charge in [-0.05, 0) is 37.4 Å². The molecule has 2 aromatic rings. The molecule has 5 heteroatoms. The molecule has 116 valence electrons. The Morgan fingerprint density at radius 1 is 1.18 bits per heavy atom. The van der Waals surface area contributed by atoms with Gasteiger partial charge in [0.25, 0.3) is 0 Å². The lowest BCUT2D eigenvalue weighted by atomic mass is 9.87. The molecule has 1 aromatic carbocycles. The van der Waals surface area contributed by atoms with Crippen molar-refractivity contribution in [2.24, 2.45) is 0 Å². The number of piperidine rings is 1. The third kappa shape index (κ3) is 2.06. The Morgan fingerprint density at radius 3 is 2.64 bits per heavy atom. The van der Waals surface area contributed by atoms with E-state index in [0.717, 1.165) is 48.8 Å². The summed E-state index contributed by atoms with van der Waals surface area (Å²) in [4.78, 5) is 12.0. The summed E-state index contributed by atoms with van der Waals surface area (Å²) in [5, 5.41) is 3.38. The van der Waals surface area contributed by atoms with Gasteiger partial charge in [0.05, 0.1) is 17.1 Å². The van der Waals surface area contributed by atoms with Crippen molar-refractivity contribution >= 4 is 18.2 Å². The lowest BCUT2D eigenvalue weighted by Gasteiger charge is -2.42. The summed E-state index contributed by atoms with van der Waals surface area (Å²) in [6, 6.07) is 11.9. The van der Waals surface area contributed by atoms with Gasteiger partial charge < -0.3 is 14.6 Å². The fourth-order valence-corrected chi connectivity index (χ4v) is 3.51. The van der Waals surface area contributed by atoms with Gasteiger partial charge in [-0.3, -0.25) is 4.79 Å². The number of fused-ring (bicyclic) bond motifs is 4. The molecule has 4 rings (SSSR count). The van der Waals surface area contributed by atoms with Crippen molar-refractivity contribution in [1.82, 2.24) is 9.88 Å². The number of nitrogens with one attached hydrogen (secondary N) is 1. The Bertz CT molecular complexity index is 717. The number of hydrogen-bond acceptors (Lipinski definition) is 3. The molecule has 2 aliphatic heterocycles. The van der Waals surface area contributed by atoms with Crippen molar-refractivity contribution in [2.75, 3.05) is 13.1 Å². The molecule has 1 saturated heterocycles. The summed E-state index contributed by atoms with van der Waals surface area (Å²) in [5.41, 5.74) is 2.49. The zero-order valence-corrected chi connectivity index (χ0v) is 13.3. The van der Waals surface area contributed by atoms with Crippen LogP contribution in [0.5, 0.6) is 5.75 Å². The van der Waals surface area contributed by atoms with E-state index in [1.165, 1.54) is 0 Å². The van der Waals surface area contributed by atoms with Crippen LogP contribution in [0.25, 0.3) is 5.69 Å². The van der Waals surface area contributed by atoms with Gasteiger partial charge >= 0.3 is 0 Å². The van der Waals surface area contributed by atoms with Crippen molar-refractivity contribution < 1.29 is 9.53 Å². The van der Waals surface area contributed by atoms with Crippen molar-refractivity contribution in [1.29, 1.82) is 0 Å². The molecular formula is C17H19ClN2O2. The van der Waals surface area contributed by atoms with E-state index in [1.54, 1.807) is 6.92 Å². The molecule has 3 heterocycles. The topological polar surface area (TPSA) is 43.3 Å². The van der Waals surface area contributed by atoms with Gasteiger partial charge in [0.1, 0.15) is 5.75 Å². The van der Waals surface area contributed by atoms with Gasteiger partial charge in [0, 0.05) is 19.8 Å². The lowest BCUT2D eigenvalue weighted by molar-refractivity contribution is 0.0200. The predicted molar refractivity (Wildman–Crippen MR) is 87.4 cm³/mol. The average molecular weight is 319 g/mol. The number of ether oxygens (including phenoxy) is 1. The zero-order chi connectivity index (χ0) is 14.4. The number of para-hydroxylation sites is 2. The number of Topliss-reactive ketones (excluding diaryl/α,β-unsaturated/α-hetero) is 1. The molecule has 4 nitrogen and oxygen atoms in total. The van der Waals surface area contributed by atoms with E-state index < -0.39 is 0 Å². The fourth-order valence-electron chi connectivity index (χ4n) is 3.51. The number of rotatable bonds is 1. The number of nitrogens with zero attached hydrogens (tertiary/aromatic N) is 1. The number of aromatic nitrogens is 1. The summed E-state index contributed by atoms with van der Waals surface area (Å²) < 4.78 is 8.50. The summed E-state index contributed by atoms with van der Waals surface area (Å²) in [6.07, 6.45) is 1.84. The van der Waals surface area contributed by atoms with Gasteiger partial charge in [-0.15, -0.1) is 12.4 Å². The normalized spacial score (nSPS) is 17.9. The fraction of sp³-hybridized carbons (Fsp3) is 0.353. The Morgan fingerprint density at radius 2 is 1.91 bits per heavy atom. The highest BCUT2D eigenvalue weighted by atomic mass is 35.5. The number of carbonyl (C=O) groups excluding carboxylic acids is 1. The van der Waals surface area contributed by atoms with Gasteiger partial charge in [-0.2, -0.15) is 0 Å². The molecule has 22 heavy (non-hydrogen) atoms. The molecule has 0 unspecified atom stereocenters. The number of ketones is 1. The van der Waals surface area contributed by atoms with Crippen LogP contribution in [0.1, 0.15) is 35.9 Å². The van der Waals surface area contributed by atoms with Crippen LogP contribution < -0.4 is 10.1 Å². The van der Waals surface area contributed by atoms with Crippen molar-refractivity contribution in [3.05, 3.63) is 47.8 Å². The Balaban J connectivity index is 0.00000144. The number of benzene rings is 1. The Kier molecular flexibility index (Phi) is 3.75. The monoisotopic (exact) mass is 318 g/mol. The Labute approximate surface area is 135 Å². The Hall–Kier alpha value is -1.78. The largest absolute Gasteiger partial charge is 0.479 e. The van der Waals surface area contributed by atoms with Crippen LogP contribution in [0.15, 0.2) is 36.4 Å². The van der Waals surface area contributed by atoms with Crippen LogP contribution in [-0.2, 0) is 5.60 Å². The van der Waals surface area contributed by atoms with E-state index >= 15 is 0 Å². The first-order chi connectivity index (χ1) is 10.2. The maximum absolute atomic E-state index is 12.0. The zero-order valence-electron chi connectivity index (χ0n) is 12.5. The molecule has 1 aromatic heterocycles. The minimum absolute atomic E-state index is 0. The number of carbonyl (C=O) groups is 1. The second-order valence-corrected chi connectivity index (χ2v) is 5.81. The van der Waals surface area contributed by atoms with Crippen LogP contribution in [-0.4, -0.2) is 23.4 Å². The summed E-state index contributed by atoms with van der Waals surface area (Å²) in [6.45, 7) is 3.49. The van der Waals surface area contributed by atoms with Crippen LogP contribution in [0.3, 0.4) is 0 Å². The van der Waals surface area contributed by atoms with Gasteiger partial charge in [-0.25, -0.2) is 0 Å². The molecule has 0 bridgehead atoms. The van der Waals surface area contributed by atoms with Crippen LogP contribution >= 0.6 is 12.4 Å². The predicted octanol–water partition coefficient (Wildman–Crippen LogP) is 3.07. The van der Waals surface area contributed by atoms with Gasteiger partial charge in [0.2, 0.25) is 0 Å². The van der Waals surface area contributed by atoms with E-state index in [1.807, 2.05) is 30.3 Å². The second-order valence-electron chi connectivity index (χ2n) is 5.81. The van der Waals surface area contributed by atoms with Gasteiger partial charge in [-0.1, -0.05) is 12.1 Å². The molecule has 0 saturated carbocycles. The van der Waals surface area contributed by atoms with Crippen LogP contribution in [0, 0.1) is 0 Å². The minimum atomic E-state index is -0.312. The second kappa shape index (κ2) is 5.45. The molecule has 0 atom stereocenters. The van der Waals surface area contributed by atoms with Crippen molar-refractivity contribution in [2.45, 2.75) is 25.4 Å². The highest BCUT2D eigenvalue weighted by molar-refractivity contribution is 5.93. The lowest BCUT2D eigenvalue weighted by Crippen LogP contribution is -2.47. The van der Waals surface area contributed by atoms with Crippen molar-refractivity contribution in [3.8, 4) is 11.4 Å². The van der Waals surface area contributed by atoms with E-state index in [0.29, 0.717) is 0 Å². The molecule has 1 spiro atoms. The van der Waals surface area contributed by atoms with Crippen LogP contribution in [0.2, 0.25) is 0 Å². The standard InChI is InChI=1S/C17H18N2O2.ClH/c1-12(20)13-6-7-16-17(8-10-18-11-9-17)21-15-5-3-2-4-14(15)19(13)16;/h2-7,18H,8-11H2,1H3;1H. The molecule has 0 radical (unpaired) electrons. The smallest absolute Gasteiger partial charge is 0.176 e. The first-order valence-corrected chi connectivity index (χ1v) is 7.44. The summed E-state index contributed by atoms with van der Waals surface area (Å²) in [5.74, 6) is 0.952.